The van der Waals surface area contributed by atoms with Gasteiger partial charge in [-0.1, -0.05) is 12.1 Å². The second-order valence-corrected chi connectivity index (χ2v) is 7.16. The van der Waals surface area contributed by atoms with Crippen LogP contribution in [-0.2, 0) is 0 Å². The Morgan fingerprint density at radius 2 is 1.97 bits per heavy atom. The number of amides is 1. The topological polar surface area (TPSA) is 81.9 Å². The Kier molecular flexibility index (Phi) is 5.66. The number of nitriles is 1. The predicted molar refractivity (Wildman–Crippen MR) is 111 cm³/mol. The summed E-state index contributed by atoms with van der Waals surface area (Å²) in [6.07, 6.45) is 4.73. The van der Waals surface area contributed by atoms with Crippen molar-refractivity contribution in [1.82, 2.24) is 15.3 Å². The van der Waals surface area contributed by atoms with Crippen LogP contribution in [0.15, 0.2) is 60.9 Å². The van der Waals surface area contributed by atoms with E-state index in [0.717, 1.165) is 12.8 Å². The lowest BCUT2D eigenvalue weighted by atomic mass is 10.0. The maximum absolute atomic E-state index is 13.4. The minimum atomic E-state index is -0.324. The summed E-state index contributed by atoms with van der Waals surface area (Å²) in [5.74, 6) is 0.194. The molecule has 1 aliphatic rings. The second kappa shape index (κ2) is 8.70. The summed E-state index contributed by atoms with van der Waals surface area (Å²) < 4.78 is 13.4. The third kappa shape index (κ3) is 4.28. The third-order valence-electron chi connectivity index (χ3n) is 5.18. The fraction of sp³-hybridized carbons (Fsp3) is 0.217. The average Bonchev–Trinajstić information content (AvgIpc) is 2.79. The number of nitrogens with one attached hydrogen (secondary N) is 1. The van der Waals surface area contributed by atoms with Crippen LogP contribution >= 0.6 is 0 Å². The lowest BCUT2D eigenvalue weighted by Gasteiger charge is -2.33. The molecule has 0 aliphatic carbocycles. The van der Waals surface area contributed by atoms with Crippen LogP contribution in [-0.4, -0.2) is 35.0 Å². The molecule has 0 bridgehead atoms. The Balaban J connectivity index is 1.35. The maximum Gasteiger partial charge on any atom is 0.253 e. The number of carbonyl (C=O) groups is 1. The minimum absolute atomic E-state index is 0.0471. The Morgan fingerprint density at radius 3 is 2.67 bits per heavy atom. The number of hydrogen-bond acceptors (Lipinski definition) is 5. The molecule has 7 heteroatoms. The molecule has 6 nitrogen and oxygen atoms in total. The Labute approximate surface area is 174 Å². The molecule has 1 aromatic carbocycles. The van der Waals surface area contributed by atoms with Crippen molar-refractivity contribution in [3.63, 3.8) is 0 Å². The highest BCUT2D eigenvalue weighted by Crippen LogP contribution is 2.22. The highest BCUT2D eigenvalue weighted by molar-refractivity contribution is 5.94. The van der Waals surface area contributed by atoms with Crippen LogP contribution in [0, 0.1) is 17.1 Å². The van der Waals surface area contributed by atoms with Crippen LogP contribution in [0.5, 0.6) is 0 Å². The fourth-order valence-electron chi connectivity index (χ4n) is 3.59. The zero-order valence-electron chi connectivity index (χ0n) is 16.3. The molecule has 1 aliphatic heterocycles. The summed E-state index contributed by atoms with van der Waals surface area (Å²) >= 11 is 0. The second-order valence-electron chi connectivity index (χ2n) is 7.16. The first kappa shape index (κ1) is 19.5. The number of rotatable bonds is 4. The third-order valence-corrected chi connectivity index (χ3v) is 5.18. The minimum Gasteiger partial charge on any atom is -0.355 e. The predicted octanol–water partition coefficient (Wildman–Crippen LogP) is 3.55. The average molecular weight is 401 g/mol. The van der Waals surface area contributed by atoms with Crippen LogP contribution in [0.1, 0.15) is 28.8 Å². The zero-order valence-corrected chi connectivity index (χ0v) is 16.3. The Bertz CT molecular complexity index is 1090. The number of aromatic nitrogens is 2. The molecule has 0 atom stereocenters. The van der Waals surface area contributed by atoms with Crippen molar-refractivity contribution >= 4 is 11.7 Å². The van der Waals surface area contributed by atoms with Gasteiger partial charge in [0.1, 0.15) is 17.7 Å². The van der Waals surface area contributed by atoms with Crippen molar-refractivity contribution in [1.29, 1.82) is 5.26 Å². The lowest BCUT2D eigenvalue weighted by Crippen LogP contribution is -2.45. The molecule has 0 radical (unpaired) electrons. The van der Waals surface area contributed by atoms with Crippen LogP contribution in [0.3, 0.4) is 0 Å². The molecule has 1 N–H and O–H groups in total. The molecule has 1 saturated heterocycles. The first-order chi connectivity index (χ1) is 14.6. The van der Waals surface area contributed by atoms with Gasteiger partial charge in [-0.15, -0.1) is 0 Å². The molecular weight excluding hydrogens is 381 g/mol. The standard InChI is InChI=1S/C23H20FN5O/c24-19-5-1-3-16(13-19)21-7-6-18(15-27-21)23(30)28-20-8-11-29(12-9-20)22-17(14-25)4-2-10-26-22/h1-7,10,13,15,20H,8-9,11-12H2,(H,28,30). The van der Waals surface area contributed by atoms with Gasteiger partial charge < -0.3 is 10.2 Å². The van der Waals surface area contributed by atoms with Gasteiger partial charge in [-0.3, -0.25) is 9.78 Å². The SMILES string of the molecule is N#Cc1cccnc1N1CCC(NC(=O)c2ccc(-c3cccc(F)c3)nc2)CC1. The Hall–Kier alpha value is -3.79. The van der Waals surface area contributed by atoms with Crippen molar-refractivity contribution in [3.8, 4) is 17.3 Å². The normalized spacial score (nSPS) is 14.2. The summed E-state index contributed by atoms with van der Waals surface area (Å²) in [4.78, 5) is 23.3. The van der Waals surface area contributed by atoms with E-state index < -0.39 is 0 Å². The molecule has 150 valence electrons. The van der Waals surface area contributed by atoms with Crippen molar-refractivity contribution in [2.75, 3.05) is 18.0 Å². The summed E-state index contributed by atoms with van der Waals surface area (Å²) in [6, 6.07) is 15.4. The molecule has 3 heterocycles. The fourth-order valence-corrected chi connectivity index (χ4v) is 3.59. The quantitative estimate of drug-likeness (QED) is 0.723. The first-order valence-corrected chi connectivity index (χ1v) is 9.77. The van der Waals surface area contributed by atoms with E-state index in [2.05, 4.69) is 26.3 Å². The molecular formula is C23H20FN5O. The Morgan fingerprint density at radius 1 is 1.13 bits per heavy atom. The van der Waals surface area contributed by atoms with Gasteiger partial charge in [0.05, 0.1) is 16.8 Å². The molecule has 30 heavy (non-hydrogen) atoms. The highest BCUT2D eigenvalue weighted by Gasteiger charge is 2.23. The van der Waals surface area contributed by atoms with Crippen LogP contribution in [0.2, 0.25) is 0 Å². The highest BCUT2D eigenvalue weighted by atomic mass is 19.1. The van der Waals surface area contributed by atoms with Gasteiger partial charge in [-0.05, 0) is 49.2 Å². The first-order valence-electron chi connectivity index (χ1n) is 9.77. The summed E-state index contributed by atoms with van der Waals surface area (Å²) in [5.41, 5.74) is 2.31. The molecule has 0 spiro atoms. The molecule has 0 saturated carbocycles. The number of anilines is 1. The van der Waals surface area contributed by atoms with Gasteiger partial charge in [0.15, 0.2) is 0 Å². The van der Waals surface area contributed by atoms with Crippen LogP contribution in [0.25, 0.3) is 11.3 Å². The number of carbonyl (C=O) groups excluding carboxylic acids is 1. The molecule has 3 aromatic rings. The maximum atomic E-state index is 13.4. The number of hydrogen-bond donors (Lipinski definition) is 1. The smallest absolute Gasteiger partial charge is 0.253 e. The van der Waals surface area contributed by atoms with E-state index in [1.165, 1.54) is 18.3 Å². The van der Waals surface area contributed by atoms with E-state index in [0.29, 0.717) is 41.3 Å². The summed E-state index contributed by atoms with van der Waals surface area (Å²) in [5, 5.41) is 12.3. The van der Waals surface area contributed by atoms with E-state index in [9.17, 15) is 14.4 Å². The van der Waals surface area contributed by atoms with Crippen molar-refractivity contribution in [2.45, 2.75) is 18.9 Å². The molecule has 2 aromatic heterocycles. The van der Waals surface area contributed by atoms with Crippen LogP contribution in [0.4, 0.5) is 10.2 Å². The van der Waals surface area contributed by atoms with E-state index in [-0.39, 0.29) is 17.8 Å². The number of nitrogens with zero attached hydrogens (tertiary/aromatic N) is 4. The lowest BCUT2D eigenvalue weighted by molar-refractivity contribution is 0.0930. The van der Waals surface area contributed by atoms with Crippen molar-refractivity contribution < 1.29 is 9.18 Å². The van der Waals surface area contributed by atoms with E-state index in [1.54, 1.807) is 42.6 Å². The van der Waals surface area contributed by atoms with E-state index in [1.807, 2.05) is 0 Å². The van der Waals surface area contributed by atoms with E-state index in [4.69, 9.17) is 0 Å². The van der Waals surface area contributed by atoms with Crippen LogP contribution < -0.4 is 10.2 Å². The number of benzene rings is 1. The zero-order chi connectivity index (χ0) is 20.9. The van der Waals surface area contributed by atoms with Gasteiger partial charge in [0.2, 0.25) is 0 Å². The monoisotopic (exact) mass is 401 g/mol. The molecule has 1 fully saturated rings. The summed E-state index contributed by atoms with van der Waals surface area (Å²) in [7, 11) is 0. The number of halogens is 1. The molecule has 4 rings (SSSR count). The number of pyridine rings is 2. The van der Waals surface area contributed by atoms with Gasteiger partial charge in [0, 0.05) is 37.1 Å². The molecule has 1 amide bonds. The van der Waals surface area contributed by atoms with E-state index >= 15 is 0 Å². The van der Waals surface area contributed by atoms with Crippen molar-refractivity contribution in [2.24, 2.45) is 0 Å². The van der Waals surface area contributed by atoms with Crippen molar-refractivity contribution in [3.05, 3.63) is 77.9 Å². The van der Waals surface area contributed by atoms with Gasteiger partial charge in [0.25, 0.3) is 5.91 Å². The van der Waals surface area contributed by atoms with Gasteiger partial charge >= 0.3 is 0 Å². The largest absolute Gasteiger partial charge is 0.355 e. The number of piperidine rings is 1. The summed E-state index contributed by atoms with van der Waals surface area (Å²) in [6.45, 7) is 1.43. The van der Waals surface area contributed by atoms with Gasteiger partial charge in [-0.2, -0.15) is 5.26 Å². The van der Waals surface area contributed by atoms with Gasteiger partial charge in [-0.25, -0.2) is 9.37 Å². The molecule has 0 unspecified atom stereocenters.